The van der Waals surface area contributed by atoms with Gasteiger partial charge in [0.1, 0.15) is 28.0 Å². The van der Waals surface area contributed by atoms with E-state index in [4.69, 9.17) is 9.88 Å². The minimum absolute atomic E-state index is 0.00375. The van der Waals surface area contributed by atoms with Crippen LogP contribution in [0.15, 0.2) is 52.4 Å². The number of benzene rings is 2. The van der Waals surface area contributed by atoms with Gasteiger partial charge in [-0.1, -0.05) is 0 Å². The number of aromatic nitrogens is 2. The number of carbonyl (C=O) groups excluding carboxylic acids is 1. The molecule has 3 N–H and O–H groups in total. The zero-order chi connectivity index (χ0) is 24.6. The van der Waals surface area contributed by atoms with Crippen LogP contribution < -0.4 is 15.2 Å². The molecule has 178 valence electrons. The minimum atomic E-state index is -4.18. The maximum atomic E-state index is 14.8. The van der Waals surface area contributed by atoms with E-state index < -0.39 is 21.7 Å². The van der Waals surface area contributed by atoms with Gasteiger partial charge in [0.2, 0.25) is 10.0 Å². The Morgan fingerprint density at radius 3 is 2.59 bits per heavy atom. The number of nitrogens with one attached hydrogen (secondary N) is 1. The standard InChI is InChI=1S/C22H23FN6O4S/c1-13-10-19(29(27-13)18-7-5-15(33-3)12-20(18)34(24,31)32)22(30)26-17-6-4-14(11-16(17)23)21-25-8-9-28(21)2/h4-7,10-12H,8-9H2,1-3H3,(H,26,30)(H2,24,31,32). The maximum Gasteiger partial charge on any atom is 0.274 e. The average molecular weight is 487 g/mol. The van der Waals surface area contributed by atoms with Crippen molar-refractivity contribution in [1.29, 1.82) is 0 Å². The van der Waals surface area contributed by atoms with Gasteiger partial charge in [-0.25, -0.2) is 22.6 Å². The van der Waals surface area contributed by atoms with Gasteiger partial charge in [0.05, 0.1) is 30.7 Å². The number of halogens is 1. The lowest BCUT2D eigenvalue weighted by atomic mass is 10.1. The smallest absolute Gasteiger partial charge is 0.274 e. The van der Waals surface area contributed by atoms with Crippen LogP contribution in [0.1, 0.15) is 21.7 Å². The Bertz CT molecular complexity index is 1420. The molecule has 0 fully saturated rings. The van der Waals surface area contributed by atoms with Gasteiger partial charge in [-0.05, 0) is 43.3 Å². The van der Waals surface area contributed by atoms with E-state index in [0.717, 1.165) is 11.2 Å². The Balaban J connectivity index is 1.69. The molecular formula is C22H23FN6O4S. The third-order valence-electron chi connectivity index (χ3n) is 5.30. The summed E-state index contributed by atoms with van der Waals surface area (Å²) in [7, 11) is -0.920. The van der Waals surface area contributed by atoms with Crippen molar-refractivity contribution in [2.24, 2.45) is 10.1 Å². The molecule has 12 heteroatoms. The summed E-state index contributed by atoms with van der Waals surface area (Å²) in [6.07, 6.45) is 0. The first-order valence-corrected chi connectivity index (χ1v) is 11.8. The highest BCUT2D eigenvalue weighted by atomic mass is 32.2. The van der Waals surface area contributed by atoms with Crippen molar-refractivity contribution < 1.29 is 22.3 Å². The quantitative estimate of drug-likeness (QED) is 0.547. The Kier molecular flexibility index (Phi) is 6.11. The van der Waals surface area contributed by atoms with E-state index in [1.807, 2.05) is 11.9 Å². The van der Waals surface area contributed by atoms with E-state index in [-0.39, 0.29) is 27.7 Å². The predicted molar refractivity (Wildman–Crippen MR) is 125 cm³/mol. The third-order valence-corrected chi connectivity index (χ3v) is 6.24. The number of aliphatic imine (C=N–C) groups is 1. The zero-order valence-corrected chi connectivity index (χ0v) is 19.6. The van der Waals surface area contributed by atoms with Gasteiger partial charge < -0.3 is 15.0 Å². The highest BCUT2D eigenvalue weighted by Gasteiger charge is 2.23. The number of ether oxygens (including phenoxy) is 1. The van der Waals surface area contributed by atoms with Crippen LogP contribution in [0, 0.1) is 12.7 Å². The summed E-state index contributed by atoms with van der Waals surface area (Å²) in [5, 5.41) is 12.2. The molecule has 2 aromatic carbocycles. The Labute approximate surface area is 195 Å². The summed E-state index contributed by atoms with van der Waals surface area (Å²) < 4.78 is 45.5. The molecule has 4 rings (SSSR count). The van der Waals surface area contributed by atoms with Crippen LogP contribution in [0.4, 0.5) is 10.1 Å². The largest absolute Gasteiger partial charge is 0.497 e. The molecule has 34 heavy (non-hydrogen) atoms. The molecule has 1 aromatic heterocycles. The van der Waals surface area contributed by atoms with E-state index in [1.54, 1.807) is 13.0 Å². The molecule has 0 bridgehead atoms. The molecule has 0 saturated carbocycles. The van der Waals surface area contributed by atoms with Crippen molar-refractivity contribution in [3.63, 3.8) is 0 Å². The summed E-state index contributed by atoms with van der Waals surface area (Å²) in [6.45, 7) is 3.04. The normalized spacial score (nSPS) is 13.7. The third kappa shape index (κ3) is 4.50. The fraction of sp³-hybridized carbons (Fsp3) is 0.227. The number of carbonyl (C=O) groups is 1. The first-order valence-electron chi connectivity index (χ1n) is 10.2. The van der Waals surface area contributed by atoms with Crippen molar-refractivity contribution in [1.82, 2.24) is 14.7 Å². The lowest BCUT2D eigenvalue weighted by molar-refractivity contribution is 0.101. The van der Waals surface area contributed by atoms with Gasteiger partial charge in [0.25, 0.3) is 5.91 Å². The van der Waals surface area contributed by atoms with Crippen LogP contribution in [0.2, 0.25) is 0 Å². The average Bonchev–Trinajstić information content (AvgIpc) is 3.39. The number of nitrogens with zero attached hydrogens (tertiary/aromatic N) is 4. The number of hydrogen-bond donors (Lipinski definition) is 2. The number of rotatable bonds is 6. The van der Waals surface area contributed by atoms with Crippen LogP contribution in [-0.2, 0) is 10.0 Å². The fourth-order valence-corrected chi connectivity index (χ4v) is 4.38. The molecule has 1 amide bonds. The summed E-state index contributed by atoms with van der Waals surface area (Å²) in [5.41, 5.74) is 1.06. The lowest BCUT2D eigenvalue weighted by Crippen LogP contribution is -2.24. The molecule has 0 spiro atoms. The molecule has 0 atom stereocenters. The van der Waals surface area contributed by atoms with Crippen LogP contribution in [0.5, 0.6) is 5.75 Å². The van der Waals surface area contributed by atoms with Crippen molar-refractivity contribution in [3.8, 4) is 11.4 Å². The summed E-state index contributed by atoms with van der Waals surface area (Å²) >= 11 is 0. The fourth-order valence-electron chi connectivity index (χ4n) is 3.66. The summed E-state index contributed by atoms with van der Waals surface area (Å²) in [4.78, 5) is 19.1. The van der Waals surface area contributed by atoms with Crippen LogP contribution in [0.25, 0.3) is 5.69 Å². The van der Waals surface area contributed by atoms with Gasteiger partial charge in [0.15, 0.2) is 0 Å². The number of sulfonamides is 1. The van der Waals surface area contributed by atoms with Crippen LogP contribution in [-0.4, -0.2) is 62.1 Å². The number of anilines is 1. The number of methoxy groups -OCH3 is 1. The molecule has 1 aliphatic heterocycles. The summed E-state index contributed by atoms with van der Waals surface area (Å²) in [6, 6.07) is 10.1. The molecule has 0 aliphatic carbocycles. The van der Waals surface area contributed by atoms with Crippen molar-refractivity contribution in [3.05, 3.63) is 65.2 Å². The Hall–Kier alpha value is -3.77. The molecule has 3 aromatic rings. The van der Waals surface area contributed by atoms with Crippen molar-refractivity contribution >= 4 is 27.5 Å². The van der Waals surface area contributed by atoms with E-state index >= 15 is 0 Å². The minimum Gasteiger partial charge on any atom is -0.497 e. The number of aryl methyl sites for hydroxylation is 1. The van der Waals surface area contributed by atoms with E-state index in [0.29, 0.717) is 23.6 Å². The molecule has 0 saturated heterocycles. The molecule has 10 nitrogen and oxygen atoms in total. The van der Waals surface area contributed by atoms with Crippen molar-refractivity contribution in [2.45, 2.75) is 11.8 Å². The number of amides is 1. The molecule has 0 unspecified atom stereocenters. The number of hydrogen-bond acceptors (Lipinski definition) is 7. The number of likely N-dealkylation sites (N-methyl/N-ethyl adjacent to an activating group) is 1. The Morgan fingerprint density at radius 1 is 1.21 bits per heavy atom. The molecule has 0 radical (unpaired) electrons. The zero-order valence-electron chi connectivity index (χ0n) is 18.7. The topological polar surface area (TPSA) is 132 Å². The second-order valence-corrected chi connectivity index (χ2v) is 9.27. The van der Waals surface area contributed by atoms with Crippen LogP contribution >= 0.6 is 0 Å². The highest BCUT2D eigenvalue weighted by molar-refractivity contribution is 7.89. The van der Waals surface area contributed by atoms with Gasteiger partial charge in [-0.3, -0.25) is 9.79 Å². The molecular weight excluding hydrogens is 463 g/mol. The maximum absolute atomic E-state index is 14.8. The lowest BCUT2D eigenvalue weighted by Gasteiger charge is -2.15. The van der Waals surface area contributed by atoms with E-state index in [1.165, 1.54) is 43.5 Å². The van der Waals surface area contributed by atoms with E-state index in [2.05, 4.69) is 15.4 Å². The van der Waals surface area contributed by atoms with Crippen LogP contribution in [0.3, 0.4) is 0 Å². The monoisotopic (exact) mass is 486 g/mol. The van der Waals surface area contributed by atoms with Gasteiger partial charge in [0, 0.05) is 25.2 Å². The molecule has 1 aliphatic rings. The van der Waals surface area contributed by atoms with Crippen molar-refractivity contribution in [2.75, 3.05) is 32.6 Å². The van der Waals surface area contributed by atoms with Gasteiger partial charge >= 0.3 is 0 Å². The summed E-state index contributed by atoms with van der Waals surface area (Å²) in [5.74, 6) is -0.368. The number of primary sulfonamides is 1. The second-order valence-electron chi connectivity index (χ2n) is 7.74. The number of nitrogens with two attached hydrogens (primary N) is 1. The number of amidine groups is 1. The first-order chi connectivity index (χ1) is 16.1. The second kappa shape index (κ2) is 8.88. The first kappa shape index (κ1) is 23.4. The SMILES string of the molecule is COc1ccc(-n2nc(C)cc2C(=O)Nc2ccc(C3=NCCN3C)cc2F)c(S(N)(=O)=O)c1. The Morgan fingerprint density at radius 2 is 1.97 bits per heavy atom. The predicted octanol–water partition coefficient (Wildman–Crippen LogP) is 1.92. The van der Waals surface area contributed by atoms with Gasteiger partial charge in [-0.2, -0.15) is 5.10 Å². The highest BCUT2D eigenvalue weighted by Crippen LogP contribution is 2.26. The van der Waals surface area contributed by atoms with E-state index in [9.17, 15) is 17.6 Å². The van der Waals surface area contributed by atoms with Gasteiger partial charge in [-0.15, -0.1) is 0 Å². The molecule has 2 heterocycles.